The van der Waals surface area contributed by atoms with Crippen molar-refractivity contribution in [1.29, 1.82) is 0 Å². The molecule has 1 aliphatic rings. The Kier molecular flexibility index (Phi) is 3.43. The molecule has 2 aromatic rings. The van der Waals surface area contributed by atoms with Gasteiger partial charge in [0.2, 0.25) is 0 Å². The Balaban J connectivity index is 2.18. The van der Waals surface area contributed by atoms with Crippen LogP contribution in [0.15, 0.2) is 59.6 Å². The summed E-state index contributed by atoms with van der Waals surface area (Å²) in [5.41, 5.74) is 5.27. The van der Waals surface area contributed by atoms with Crippen molar-refractivity contribution < 1.29 is 0 Å². The molecule has 0 radical (unpaired) electrons. The minimum Gasteiger partial charge on any atom is -0.285 e. The molecular weight excluding hydrogens is 242 g/mol. The summed E-state index contributed by atoms with van der Waals surface area (Å²) >= 11 is 0. The van der Waals surface area contributed by atoms with E-state index in [0.717, 1.165) is 0 Å². The van der Waals surface area contributed by atoms with Gasteiger partial charge in [0.1, 0.15) is 0 Å². The van der Waals surface area contributed by atoms with E-state index in [1.165, 1.54) is 22.4 Å². The molecule has 0 saturated heterocycles. The second-order valence-corrected chi connectivity index (χ2v) is 5.92. The first kappa shape index (κ1) is 13.1. The summed E-state index contributed by atoms with van der Waals surface area (Å²) in [7, 11) is 0. The molecule has 0 saturated carbocycles. The lowest BCUT2D eigenvalue weighted by molar-refractivity contribution is 0.447. The summed E-state index contributed by atoms with van der Waals surface area (Å²) in [5.74, 6) is 0.902. The maximum absolute atomic E-state index is 5.00. The highest BCUT2D eigenvalue weighted by molar-refractivity contribution is 6.01. The Bertz CT molecular complexity index is 625. The Morgan fingerprint density at radius 2 is 1.55 bits per heavy atom. The van der Waals surface area contributed by atoms with Gasteiger partial charge in [-0.25, -0.2) is 0 Å². The highest BCUT2D eigenvalue weighted by atomic mass is 14.8. The van der Waals surface area contributed by atoms with Crippen LogP contribution in [0.3, 0.4) is 0 Å². The van der Waals surface area contributed by atoms with Crippen molar-refractivity contribution in [2.75, 3.05) is 0 Å². The van der Waals surface area contributed by atoms with Crippen LogP contribution in [0, 0.1) is 5.92 Å². The van der Waals surface area contributed by atoms with Gasteiger partial charge in [-0.3, -0.25) is 4.99 Å². The van der Waals surface area contributed by atoms with Crippen molar-refractivity contribution in [1.82, 2.24) is 0 Å². The van der Waals surface area contributed by atoms with Crippen LogP contribution in [-0.4, -0.2) is 11.8 Å². The third kappa shape index (κ3) is 2.18. The van der Waals surface area contributed by atoms with Gasteiger partial charge in [-0.15, -0.1) is 0 Å². The maximum atomic E-state index is 5.00. The topological polar surface area (TPSA) is 12.4 Å². The zero-order valence-corrected chi connectivity index (χ0v) is 12.4. The lowest BCUT2D eigenvalue weighted by atomic mass is 9.76. The number of nitrogens with zero attached hydrogens (tertiary/aromatic N) is 1. The molecule has 0 bridgehead atoms. The van der Waals surface area contributed by atoms with E-state index in [0.29, 0.717) is 17.9 Å². The van der Waals surface area contributed by atoms with Crippen LogP contribution in [0.5, 0.6) is 0 Å². The third-order valence-electron chi connectivity index (χ3n) is 4.21. The van der Waals surface area contributed by atoms with Crippen LogP contribution in [0.1, 0.15) is 43.4 Å². The average molecular weight is 263 g/mol. The molecule has 0 fully saturated rings. The molecular formula is C19H21N. The van der Waals surface area contributed by atoms with Crippen molar-refractivity contribution >= 4 is 5.71 Å². The van der Waals surface area contributed by atoms with Crippen LogP contribution >= 0.6 is 0 Å². The number of aliphatic imine (C=N–C) groups is 1. The first-order chi connectivity index (χ1) is 9.68. The van der Waals surface area contributed by atoms with E-state index in [2.05, 4.69) is 75.4 Å². The zero-order valence-electron chi connectivity index (χ0n) is 12.4. The summed E-state index contributed by atoms with van der Waals surface area (Å²) in [6.45, 7) is 6.67. The Morgan fingerprint density at radius 1 is 0.900 bits per heavy atom. The molecule has 0 N–H and O–H groups in total. The van der Waals surface area contributed by atoms with Crippen LogP contribution in [0.25, 0.3) is 0 Å². The van der Waals surface area contributed by atoms with Gasteiger partial charge in [-0.1, -0.05) is 68.4 Å². The molecule has 2 aromatic carbocycles. The molecule has 20 heavy (non-hydrogen) atoms. The minimum atomic E-state index is 0.326. The fourth-order valence-electron chi connectivity index (χ4n) is 3.22. The van der Waals surface area contributed by atoms with Crippen molar-refractivity contribution in [3.05, 3.63) is 71.3 Å². The molecule has 0 aliphatic carbocycles. The summed E-state index contributed by atoms with van der Waals surface area (Å²) in [4.78, 5) is 5.00. The number of benzene rings is 2. The van der Waals surface area contributed by atoms with E-state index in [9.17, 15) is 0 Å². The van der Waals surface area contributed by atoms with Crippen LogP contribution < -0.4 is 0 Å². The largest absolute Gasteiger partial charge is 0.285 e. The van der Waals surface area contributed by atoms with Gasteiger partial charge in [0.05, 0.1) is 6.04 Å². The number of fused-ring (bicyclic) bond motifs is 1. The minimum absolute atomic E-state index is 0.326. The Hall–Kier alpha value is -1.89. The van der Waals surface area contributed by atoms with Gasteiger partial charge in [-0.2, -0.15) is 0 Å². The Morgan fingerprint density at radius 3 is 2.25 bits per heavy atom. The molecule has 1 aliphatic heterocycles. The standard InChI is InChI=1S/C19H21N/c1-13(2)19-18(15-9-5-4-6-10-15)17-12-8-7-11-16(17)14(3)20-19/h4-13,18-19H,1-3H3/t18-,19+/m1/s1. The lowest BCUT2D eigenvalue weighted by Crippen LogP contribution is -2.30. The molecule has 0 spiro atoms. The van der Waals surface area contributed by atoms with E-state index < -0.39 is 0 Å². The van der Waals surface area contributed by atoms with Crippen LogP contribution in [0.4, 0.5) is 0 Å². The molecule has 1 heteroatoms. The van der Waals surface area contributed by atoms with E-state index in [1.807, 2.05) is 0 Å². The van der Waals surface area contributed by atoms with Crippen LogP contribution in [-0.2, 0) is 0 Å². The maximum Gasteiger partial charge on any atom is 0.0635 e. The molecule has 1 nitrogen and oxygen atoms in total. The summed E-state index contributed by atoms with van der Waals surface area (Å²) < 4.78 is 0. The molecule has 0 unspecified atom stereocenters. The molecule has 1 heterocycles. The van der Waals surface area contributed by atoms with Gasteiger partial charge in [-0.05, 0) is 29.5 Å². The van der Waals surface area contributed by atoms with Crippen molar-refractivity contribution in [2.45, 2.75) is 32.7 Å². The first-order valence-corrected chi connectivity index (χ1v) is 7.37. The smallest absolute Gasteiger partial charge is 0.0635 e. The monoisotopic (exact) mass is 263 g/mol. The quantitative estimate of drug-likeness (QED) is 0.747. The zero-order chi connectivity index (χ0) is 14.1. The predicted molar refractivity (Wildman–Crippen MR) is 85.6 cm³/mol. The molecule has 0 aromatic heterocycles. The average Bonchev–Trinajstić information content (AvgIpc) is 2.48. The predicted octanol–water partition coefficient (Wildman–Crippen LogP) is 4.67. The molecule has 2 atom stereocenters. The van der Waals surface area contributed by atoms with Gasteiger partial charge < -0.3 is 0 Å². The normalized spacial score (nSPS) is 21.5. The SMILES string of the molecule is CC1=N[C@@H](C(C)C)[C@H](c2ccccc2)c2ccccc21. The molecule has 102 valence electrons. The van der Waals surface area contributed by atoms with Crippen molar-refractivity contribution in [3.8, 4) is 0 Å². The van der Waals surface area contributed by atoms with Gasteiger partial charge in [0, 0.05) is 11.6 Å². The molecule has 3 rings (SSSR count). The number of hydrogen-bond donors (Lipinski definition) is 0. The van der Waals surface area contributed by atoms with Crippen molar-refractivity contribution in [2.24, 2.45) is 10.9 Å². The van der Waals surface area contributed by atoms with E-state index >= 15 is 0 Å². The van der Waals surface area contributed by atoms with Gasteiger partial charge >= 0.3 is 0 Å². The van der Waals surface area contributed by atoms with E-state index in [4.69, 9.17) is 4.99 Å². The van der Waals surface area contributed by atoms with E-state index in [1.54, 1.807) is 0 Å². The van der Waals surface area contributed by atoms with Crippen LogP contribution in [0.2, 0.25) is 0 Å². The van der Waals surface area contributed by atoms with E-state index in [-0.39, 0.29) is 0 Å². The number of hydrogen-bond acceptors (Lipinski definition) is 1. The van der Waals surface area contributed by atoms with Gasteiger partial charge in [0.15, 0.2) is 0 Å². The second-order valence-electron chi connectivity index (χ2n) is 5.92. The summed E-state index contributed by atoms with van der Waals surface area (Å²) in [5, 5.41) is 0. The highest BCUT2D eigenvalue weighted by Gasteiger charge is 2.32. The van der Waals surface area contributed by atoms with Gasteiger partial charge in [0.25, 0.3) is 0 Å². The fourth-order valence-corrected chi connectivity index (χ4v) is 3.22. The summed E-state index contributed by atoms with van der Waals surface area (Å²) in [6.07, 6.45) is 0. The molecule has 0 amide bonds. The van der Waals surface area contributed by atoms with Crippen molar-refractivity contribution in [3.63, 3.8) is 0 Å². The third-order valence-corrected chi connectivity index (χ3v) is 4.21. The lowest BCUT2D eigenvalue weighted by Gasteiger charge is -2.34. The summed E-state index contributed by atoms with van der Waals surface area (Å²) in [6, 6.07) is 19.8. The fraction of sp³-hybridized carbons (Fsp3) is 0.316. The Labute approximate surface area is 121 Å². The first-order valence-electron chi connectivity index (χ1n) is 7.37. The highest BCUT2D eigenvalue weighted by Crippen LogP contribution is 2.38. The second kappa shape index (κ2) is 5.24. The number of rotatable bonds is 2.